The molecule has 0 radical (unpaired) electrons. The van der Waals surface area contributed by atoms with E-state index in [0.717, 1.165) is 27.6 Å². The number of hydrogen-bond acceptors (Lipinski definition) is 7. The lowest BCUT2D eigenvalue weighted by molar-refractivity contribution is 0.351. The van der Waals surface area contributed by atoms with Crippen LogP contribution >= 0.6 is 0 Å². The van der Waals surface area contributed by atoms with Gasteiger partial charge in [0.05, 0.1) is 5.56 Å². The average Bonchev–Trinajstić information content (AvgIpc) is 3.24. The minimum absolute atomic E-state index is 0.0260. The van der Waals surface area contributed by atoms with Gasteiger partial charge in [-0.25, -0.2) is 0 Å². The molecule has 0 amide bonds. The number of aromatic hydroxyl groups is 7. The molecular formula is C48H32O7. The Kier molecular flexibility index (Phi) is 7.72. The fourth-order valence-electron chi connectivity index (χ4n) is 7.88. The van der Waals surface area contributed by atoms with Crippen molar-refractivity contribution in [1.82, 2.24) is 0 Å². The summed E-state index contributed by atoms with van der Waals surface area (Å²) in [5, 5.41) is 84.3. The molecule has 0 aliphatic heterocycles. The molecule has 266 valence electrons. The van der Waals surface area contributed by atoms with Gasteiger partial charge in [0, 0.05) is 32.7 Å². The van der Waals surface area contributed by atoms with Gasteiger partial charge in [-0.15, -0.1) is 0 Å². The van der Waals surface area contributed by atoms with Crippen molar-refractivity contribution in [3.63, 3.8) is 0 Å². The molecule has 0 aromatic heterocycles. The van der Waals surface area contributed by atoms with Crippen molar-refractivity contribution in [2.75, 3.05) is 0 Å². The number of rotatable bonds is 5. The van der Waals surface area contributed by atoms with E-state index in [2.05, 4.69) is 0 Å². The molecule has 7 heteroatoms. The monoisotopic (exact) mass is 720 g/mol. The molecule has 0 saturated carbocycles. The number of benzene rings is 9. The molecule has 0 aliphatic carbocycles. The lowest BCUT2D eigenvalue weighted by Gasteiger charge is -2.24. The first-order valence-electron chi connectivity index (χ1n) is 17.6. The molecule has 9 aromatic carbocycles. The zero-order chi connectivity index (χ0) is 38.0. The van der Waals surface area contributed by atoms with E-state index in [1.807, 2.05) is 109 Å². The van der Waals surface area contributed by atoms with Crippen LogP contribution in [-0.4, -0.2) is 35.7 Å². The van der Waals surface area contributed by atoms with Crippen molar-refractivity contribution in [3.8, 4) is 95.9 Å². The van der Waals surface area contributed by atoms with Gasteiger partial charge in [0.2, 0.25) is 11.5 Å². The van der Waals surface area contributed by atoms with Crippen molar-refractivity contribution in [3.05, 3.63) is 152 Å². The van der Waals surface area contributed by atoms with E-state index in [1.54, 1.807) is 42.5 Å². The molecule has 0 bridgehead atoms. The maximum Gasteiger partial charge on any atom is 0.204 e. The van der Waals surface area contributed by atoms with Crippen LogP contribution in [0.3, 0.4) is 0 Å². The molecule has 7 N–H and O–H groups in total. The number of hydrogen-bond donors (Lipinski definition) is 7. The van der Waals surface area contributed by atoms with Gasteiger partial charge < -0.3 is 35.7 Å². The third kappa shape index (κ3) is 5.13. The number of phenols is 7. The molecule has 9 rings (SSSR count). The maximum absolute atomic E-state index is 12.7. The number of phenolic OH excluding ortho intramolecular Hbond substituents is 7. The van der Waals surface area contributed by atoms with Crippen LogP contribution in [0.5, 0.6) is 40.2 Å². The molecular weight excluding hydrogens is 689 g/mol. The van der Waals surface area contributed by atoms with Crippen LogP contribution in [0.1, 0.15) is 0 Å². The molecule has 0 saturated heterocycles. The summed E-state index contributed by atoms with van der Waals surface area (Å²) in [6.45, 7) is 0. The van der Waals surface area contributed by atoms with Crippen LogP contribution in [0.15, 0.2) is 152 Å². The summed E-state index contributed by atoms with van der Waals surface area (Å²) in [5.41, 5.74) is 4.67. The summed E-state index contributed by atoms with van der Waals surface area (Å²) in [5.74, 6) is -5.12. The molecule has 0 aliphatic rings. The van der Waals surface area contributed by atoms with Gasteiger partial charge in [0.15, 0.2) is 23.0 Å². The molecule has 0 unspecified atom stereocenters. The molecule has 9 aromatic rings. The first-order chi connectivity index (χ1) is 26.7. The highest BCUT2D eigenvalue weighted by Gasteiger charge is 2.33. The Hall–Kier alpha value is -7.64. The van der Waals surface area contributed by atoms with Gasteiger partial charge in [-0.1, -0.05) is 133 Å². The van der Waals surface area contributed by atoms with Gasteiger partial charge >= 0.3 is 0 Å². The Morgan fingerprint density at radius 1 is 0.255 bits per heavy atom. The average molecular weight is 721 g/mol. The summed E-state index contributed by atoms with van der Waals surface area (Å²) in [6.07, 6.45) is 0. The zero-order valence-corrected chi connectivity index (χ0v) is 29.1. The summed E-state index contributed by atoms with van der Waals surface area (Å²) < 4.78 is 0. The first-order valence-corrected chi connectivity index (χ1v) is 17.6. The van der Waals surface area contributed by atoms with Crippen molar-refractivity contribution in [2.45, 2.75) is 0 Å². The van der Waals surface area contributed by atoms with Gasteiger partial charge in [-0.2, -0.15) is 0 Å². The summed E-state index contributed by atoms with van der Waals surface area (Å²) in [4.78, 5) is 0. The zero-order valence-electron chi connectivity index (χ0n) is 29.1. The van der Waals surface area contributed by atoms with Crippen molar-refractivity contribution >= 4 is 32.3 Å². The lowest BCUT2D eigenvalue weighted by atomic mass is 9.81. The lowest BCUT2D eigenvalue weighted by Crippen LogP contribution is -1.96. The van der Waals surface area contributed by atoms with E-state index in [1.165, 1.54) is 0 Å². The topological polar surface area (TPSA) is 142 Å². The smallest absolute Gasteiger partial charge is 0.204 e. The fraction of sp³-hybridized carbons (Fsp3) is 0. The predicted molar refractivity (Wildman–Crippen MR) is 218 cm³/mol. The standard InChI is InChI=1S/C48H32O7/c49-42-37(34-22-12-20-28-17-10-11-21-33(28)34)43(50)44(51)40-36(32-24-30(26-13-4-1-5-14-26)23-31(25-32)27-15-6-2-7-16-27)41-39(45(52)47(54)48(55)46(41)53)35(38(40)42)29-18-8-3-9-19-29/h1-25,49-55H. The molecule has 55 heavy (non-hydrogen) atoms. The second-order valence-corrected chi connectivity index (χ2v) is 13.5. The minimum atomic E-state index is -0.979. The summed E-state index contributed by atoms with van der Waals surface area (Å²) in [6, 6.07) is 46.5. The number of fused-ring (bicyclic) bond motifs is 3. The van der Waals surface area contributed by atoms with Gasteiger partial charge in [0.25, 0.3) is 0 Å². The third-order valence-corrected chi connectivity index (χ3v) is 10.4. The Bertz CT molecular complexity index is 2910. The van der Waals surface area contributed by atoms with Gasteiger partial charge in [-0.3, -0.25) is 0 Å². The Labute approximate surface area is 314 Å². The Morgan fingerprint density at radius 2 is 0.655 bits per heavy atom. The second kappa shape index (κ2) is 12.8. The van der Waals surface area contributed by atoms with E-state index < -0.39 is 40.2 Å². The van der Waals surface area contributed by atoms with E-state index in [0.29, 0.717) is 22.1 Å². The second-order valence-electron chi connectivity index (χ2n) is 13.5. The Morgan fingerprint density at radius 3 is 1.20 bits per heavy atom. The molecule has 0 fully saturated rings. The van der Waals surface area contributed by atoms with E-state index >= 15 is 0 Å². The minimum Gasteiger partial charge on any atom is -0.506 e. The maximum atomic E-state index is 12.7. The van der Waals surface area contributed by atoms with Crippen LogP contribution in [0.25, 0.3) is 88.0 Å². The molecule has 0 atom stereocenters. The van der Waals surface area contributed by atoms with E-state index in [9.17, 15) is 35.7 Å². The SMILES string of the molecule is Oc1c(O)c(O)c2c(-c3ccccc3)c3c(O)c(-c4cccc5ccccc45)c(O)c(O)c3c(-c3cc(-c4ccccc4)cc(-c4ccccc4)c3)c2c1O. The van der Waals surface area contributed by atoms with Crippen LogP contribution in [0, 0.1) is 0 Å². The van der Waals surface area contributed by atoms with Crippen LogP contribution in [0.2, 0.25) is 0 Å². The van der Waals surface area contributed by atoms with Crippen molar-refractivity contribution in [2.24, 2.45) is 0 Å². The molecule has 0 spiro atoms. The fourth-order valence-corrected chi connectivity index (χ4v) is 7.88. The predicted octanol–water partition coefficient (Wildman–Crippen LogP) is 11.4. The van der Waals surface area contributed by atoms with E-state index in [4.69, 9.17) is 0 Å². The normalized spacial score (nSPS) is 11.4. The van der Waals surface area contributed by atoms with Crippen LogP contribution in [0.4, 0.5) is 0 Å². The van der Waals surface area contributed by atoms with Gasteiger partial charge in [-0.05, 0) is 67.9 Å². The van der Waals surface area contributed by atoms with Crippen molar-refractivity contribution in [1.29, 1.82) is 0 Å². The summed E-state index contributed by atoms with van der Waals surface area (Å²) in [7, 11) is 0. The highest BCUT2D eigenvalue weighted by Crippen LogP contribution is 2.62. The highest BCUT2D eigenvalue weighted by molar-refractivity contribution is 6.30. The van der Waals surface area contributed by atoms with Crippen LogP contribution in [-0.2, 0) is 0 Å². The Balaban J connectivity index is 1.55. The summed E-state index contributed by atoms with van der Waals surface area (Å²) >= 11 is 0. The van der Waals surface area contributed by atoms with Gasteiger partial charge in [0.1, 0.15) is 5.75 Å². The van der Waals surface area contributed by atoms with Crippen molar-refractivity contribution < 1.29 is 35.7 Å². The van der Waals surface area contributed by atoms with Crippen LogP contribution < -0.4 is 0 Å². The third-order valence-electron chi connectivity index (χ3n) is 10.4. The largest absolute Gasteiger partial charge is 0.506 e. The van der Waals surface area contributed by atoms with E-state index in [-0.39, 0.29) is 38.2 Å². The first kappa shape index (κ1) is 33.2. The quantitative estimate of drug-likeness (QED) is 0.0533. The molecule has 7 nitrogen and oxygen atoms in total. The highest BCUT2D eigenvalue weighted by atomic mass is 16.3. The molecule has 0 heterocycles.